The van der Waals surface area contributed by atoms with E-state index in [1.807, 2.05) is 19.1 Å². The molecule has 0 aliphatic carbocycles. The average molecular weight is 325 g/mol. The molecule has 0 saturated carbocycles. The van der Waals surface area contributed by atoms with Gasteiger partial charge in [0.25, 0.3) is 0 Å². The van der Waals surface area contributed by atoms with E-state index in [9.17, 15) is 0 Å². The highest BCUT2D eigenvalue weighted by molar-refractivity contribution is 5.72. The average Bonchev–Trinajstić information content (AvgIpc) is 2.55. The summed E-state index contributed by atoms with van der Waals surface area (Å²) in [6.07, 6.45) is 1.10. The Morgan fingerprint density at radius 2 is 1.75 bits per heavy atom. The van der Waals surface area contributed by atoms with Crippen LogP contribution >= 0.6 is 0 Å². The minimum absolute atomic E-state index is 0.0497. The molecule has 1 aliphatic heterocycles. The van der Waals surface area contributed by atoms with E-state index >= 15 is 0 Å². The predicted octanol–water partition coefficient (Wildman–Crippen LogP) is 5.52. The van der Waals surface area contributed by atoms with Crippen molar-refractivity contribution in [2.24, 2.45) is 0 Å². The molecule has 1 atom stereocenters. The maximum Gasteiger partial charge on any atom is 0.119 e. The van der Waals surface area contributed by atoms with Crippen molar-refractivity contribution in [3.8, 4) is 11.5 Å². The van der Waals surface area contributed by atoms with Crippen LogP contribution in [0.5, 0.6) is 11.5 Å². The van der Waals surface area contributed by atoms with Gasteiger partial charge >= 0.3 is 0 Å². The Hall–Kier alpha value is -2.16. The number of nitrogens with zero attached hydrogens (tertiary/aromatic N) is 1. The summed E-state index contributed by atoms with van der Waals surface area (Å²) in [6.45, 7) is 9.65. The molecular formula is C21H27NO2. The number of hydrogen-bond acceptors (Lipinski definition) is 3. The van der Waals surface area contributed by atoms with Crippen molar-refractivity contribution in [3.05, 3.63) is 48.0 Å². The second-order valence-electron chi connectivity index (χ2n) is 7.10. The largest absolute Gasteiger partial charge is 0.497 e. The van der Waals surface area contributed by atoms with Crippen LogP contribution < -0.4 is 14.4 Å². The molecule has 0 aromatic heterocycles. The van der Waals surface area contributed by atoms with E-state index in [-0.39, 0.29) is 5.54 Å². The van der Waals surface area contributed by atoms with Gasteiger partial charge in [0, 0.05) is 16.9 Å². The Balaban J connectivity index is 2.08. The van der Waals surface area contributed by atoms with Crippen LogP contribution in [0.1, 0.15) is 45.6 Å². The van der Waals surface area contributed by atoms with Gasteiger partial charge in [-0.25, -0.2) is 0 Å². The maximum atomic E-state index is 5.71. The van der Waals surface area contributed by atoms with Crippen LogP contribution in [0, 0.1) is 0 Å². The van der Waals surface area contributed by atoms with Crippen molar-refractivity contribution in [2.45, 2.75) is 45.6 Å². The second kappa shape index (κ2) is 6.39. The lowest BCUT2D eigenvalue weighted by Crippen LogP contribution is -2.45. The molecule has 2 aromatic carbocycles. The number of methoxy groups -OCH3 is 1. The van der Waals surface area contributed by atoms with Crippen LogP contribution in [-0.4, -0.2) is 19.3 Å². The van der Waals surface area contributed by atoms with Gasteiger partial charge in [-0.3, -0.25) is 0 Å². The first-order chi connectivity index (χ1) is 11.5. The zero-order valence-electron chi connectivity index (χ0n) is 15.3. The van der Waals surface area contributed by atoms with Crippen LogP contribution in [0.15, 0.2) is 42.5 Å². The Labute approximate surface area is 145 Å². The van der Waals surface area contributed by atoms with Crippen molar-refractivity contribution < 1.29 is 9.47 Å². The normalized spacial score (nSPS) is 18.9. The first kappa shape index (κ1) is 16.7. The van der Waals surface area contributed by atoms with Gasteiger partial charge in [-0.05, 0) is 81.1 Å². The fraction of sp³-hybridized carbons (Fsp3) is 0.429. The molecule has 0 radical (unpaired) electrons. The molecule has 0 fully saturated rings. The summed E-state index contributed by atoms with van der Waals surface area (Å²) in [4.78, 5) is 2.44. The molecule has 0 bridgehead atoms. The van der Waals surface area contributed by atoms with Gasteiger partial charge in [0.15, 0.2) is 0 Å². The standard InChI is InChI=1S/C21H27NO2/c1-6-24-18-11-12-20-19(13-18)15(2)14-21(3,4)22(20)16-7-9-17(23-5)10-8-16/h7-13,15H,6,14H2,1-5H3. The summed E-state index contributed by atoms with van der Waals surface area (Å²) in [5.41, 5.74) is 3.87. The van der Waals surface area contributed by atoms with Crippen LogP contribution in [-0.2, 0) is 0 Å². The molecule has 24 heavy (non-hydrogen) atoms. The molecule has 0 amide bonds. The predicted molar refractivity (Wildman–Crippen MR) is 99.9 cm³/mol. The third-order valence-corrected chi connectivity index (χ3v) is 4.82. The molecule has 3 nitrogen and oxygen atoms in total. The maximum absolute atomic E-state index is 5.71. The summed E-state index contributed by atoms with van der Waals surface area (Å²) < 4.78 is 11.0. The Bertz CT molecular complexity index is 706. The zero-order valence-corrected chi connectivity index (χ0v) is 15.3. The van der Waals surface area contributed by atoms with E-state index in [0.29, 0.717) is 12.5 Å². The third-order valence-electron chi connectivity index (χ3n) is 4.82. The van der Waals surface area contributed by atoms with E-state index in [4.69, 9.17) is 9.47 Å². The van der Waals surface area contributed by atoms with E-state index in [1.165, 1.54) is 16.9 Å². The fourth-order valence-corrected chi connectivity index (χ4v) is 3.88. The van der Waals surface area contributed by atoms with E-state index in [2.05, 4.69) is 56.0 Å². The number of rotatable bonds is 4. The summed E-state index contributed by atoms with van der Waals surface area (Å²) in [5, 5.41) is 0. The van der Waals surface area contributed by atoms with Gasteiger partial charge in [-0.15, -0.1) is 0 Å². The van der Waals surface area contributed by atoms with Crippen LogP contribution in [0.3, 0.4) is 0 Å². The number of benzene rings is 2. The molecule has 128 valence electrons. The van der Waals surface area contributed by atoms with Gasteiger partial charge in [0.1, 0.15) is 11.5 Å². The highest BCUT2D eigenvalue weighted by Gasteiger charge is 2.37. The molecule has 0 saturated heterocycles. The van der Waals surface area contributed by atoms with Gasteiger partial charge in [-0.2, -0.15) is 0 Å². The van der Waals surface area contributed by atoms with Crippen molar-refractivity contribution >= 4 is 11.4 Å². The molecular weight excluding hydrogens is 298 g/mol. The third kappa shape index (κ3) is 2.95. The van der Waals surface area contributed by atoms with Gasteiger partial charge in [0.05, 0.1) is 13.7 Å². The quantitative estimate of drug-likeness (QED) is 0.739. The number of hydrogen-bond donors (Lipinski definition) is 0. The molecule has 3 heteroatoms. The van der Waals surface area contributed by atoms with E-state index in [0.717, 1.165) is 17.9 Å². The minimum atomic E-state index is 0.0497. The topological polar surface area (TPSA) is 21.7 Å². The van der Waals surface area contributed by atoms with Gasteiger partial charge < -0.3 is 14.4 Å². The number of fused-ring (bicyclic) bond motifs is 1. The van der Waals surface area contributed by atoms with Crippen molar-refractivity contribution in [2.75, 3.05) is 18.6 Å². The molecule has 1 aliphatic rings. The summed E-state index contributed by atoms with van der Waals surface area (Å²) in [6, 6.07) is 14.8. The van der Waals surface area contributed by atoms with E-state index in [1.54, 1.807) is 7.11 Å². The lowest BCUT2D eigenvalue weighted by molar-refractivity contribution is 0.338. The second-order valence-corrected chi connectivity index (χ2v) is 7.10. The highest BCUT2D eigenvalue weighted by atomic mass is 16.5. The first-order valence-corrected chi connectivity index (χ1v) is 8.67. The molecule has 1 unspecified atom stereocenters. The van der Waals surface area contributed by atoms with Crippen molar-refractivity contribution in [1.29, 1.82) is 0 Å². The van der Waals surface area contributed by atoms with Crippen molar-refractivity contribution in [1.82, 2.24) is 0 Å². The zero-order chi connectivity index (χ0) is 17.3. The van der Waals surface area contributed by atoms with Gasteiger partial charge in [0.2, 0.25) is 0 Å². The summed E-state index contributed by atoms with van der Waals surface area (Å²) >= 11 is 0. The highest BCUT2D eigenvalue weighted by Crippen LogP contribution is 2.48. The summed E-state index contributed by atoms with van der Waals surface area (Å²) in [5.74, 6) is 2.34. The smallest absolute Gasteiger partial charge is 0.119 e. The molecule has 2 aromatic rings. The monoisotopic (exact) mass is 325 g/mol. The summed E-state index contributed by atoms with van der Waals surface area (Å²) in [7, 11) is 1.70. The fourth-order valence-electron chi connectivity index (χ4n) is 3.88. The van der Waals surface area contributed by atoms with Crippen LogP contribution in [0.4, 0.5) is 11.4 Å². The molecule has 0 N–H and O–H groups in total. The number of anilines is 2. The molecule has 0 spiro atoms. The van der Waals surface area contributed by atoms with Crippen molar-refractivity contribution in [3.63, 3.8) is 0 Å². The van der Waals surface area contributed by atoms with Crippen LogP contribution in [0.25, 0.3) is 0 Å². The Kier molecular flexibility index (Phi) is 4.44. The SMILES string of the molecule is CCOc1ccc2c(c1)C(C)CC(C)(C)N2c1ccc(OC)cc1. The minimum Gasteiger partial charge on any atom is -0.497 e. The lowest BCUT2D eigenvalue weighted by atomic mass is 9.79. The van der Waals surface area contributed by atoms with Gasteiger partial charge in [-0.1, -0.05) is 6.92 Å². The van der Waals surface area contributed by atoms with Crippen LogP contribution in [0.2, 0.25) is 0 Å². The first-order valence-electron chi connectivity index (χ1n) is 8.67. The molecule has 3 rings (SSSR count). The lowest BCUT2D eigenvalue weighted by Gasteiger charge is -2.47. The molecule has 1 heterocycles. The Morgan fingerprint density at radius 1 is 1.08 bits per heavy atom. The number of ether oxygens (including phenoxy) is 2. The Morgan fingerprint density at radius 3 is 2.38 bits per heavy atom. The van der Waals surface area contributed by atoms with E-state index < -0.39 is 0 Å².